The number of sulfonamides is 2. The molecule has 0 spiro atoms. The number of aliphatic hydroxyl groups is 2. The Kier molecular flexibility index (Phi) is 15.6. The average molecular weight is 1060 g/mol. The molecule has 8 heterocycles. The molecular formula is C44H49IN6O13S2. The largest absolute Gasteiger partial charge is 0.484 e. The molecule has 2 aromatic heterocycles. The van der Waals surface area contributed by atoms with E-state index in [2.05, 4.69) is 15.3 Å². The number of amides is 1. The fourth-order valence-electron chi connectivity index (χ4n) is 8.13. The summed E-state index contributed by atoms with van der Waals surface area (Å²) in [5.41, 5.74) is 5.62. The van der Waals surface area contributed by atoms with Crippen molar-refractivity contribution in [3.8, 4) is 23.3 Å². The number of nitrogens with one attached hydrogen (secondary N) is 1. The number of fused-ring (bicyclic) bond motifs is 2. The molecule has 2 aromatic carbocycles. The van der Waals surface area contributed by atoms with Crippen molar-refractivity contribution in [2.24, 2.45) is 0 Å². The van der Waals surface area contributed by atoms with E-state index in [1.807, 2.05) is 30.3 Å². The molecule has 0 radical (unpaired) electrons. The van der Waals surface area contributed by atoms with Crippen LogP contribution in [0.5, 0.6) is 23.3 Å². The quantitative estimate of drug-likeness (QED) is 0.131. The normalized spacial score (nSPS) is 18.5. The fourth-order valence-corrected chi connectivity index (χ4v) is 10.9. The highest BCUT2D eigenvalue weighted by Crippen LogP contribution is 2.36. The summed E-state index contributed by atoms with van der Waals surface area (Å²) < 4.78 is 76.1. The summed E-state index contributed by atoms with van der Waals surface area (Å²) in [5, 5.41) is 30.5. The number of carbonyl (C=O) groups excluding carboxylic acids is 1. The van der Waals surface area contributed by atoms with E-state index in [1.165, 1.54) is 44.3 Å². The second-order valence-corrected chi connectivity index (χ2v) is 19.6. The molecule has 66 heavy (non-hydrogen) atoms. The lowest BCUT2D eigenvalue weighted by molar-refractivity contribution is -0.139. The lowest BCUT2D eigenvalue weighted by Gasteiger charge is -2.26. The Morgan fingerprint density at radius 1 is 0.606 bits per heavy atom. The number of carboxylic acid groups (broad SMARTS) is 1. The summed E-state index contributed by atoms with van der Waals surface area (Å²) in [5.74, 6) is -1.21. The summed E-state index contributed by atoms with van der Waals surface area (Å²) in [4.78, 5) is 33.6. The minimum atomic E-state index is -3.77. The molecule has 4 N–H and O–H groups in total. The van der Waals surface area contributed by atoms with E-state index < -0.39 is 37.9 Å². The maximum absolute atomic E-state index is 13.2. The first-order valence-electron chi connectivity index (χ1n) is 20.8. The van der Waals surface area contributed by atoms with Crippen LogP contribution in [0.3, 0.4) is 0 Å². The molecule has 2 unspecified atom stereocenters. The average Bonchev–Trinajstić information content (AvgIpc) is 4.13. The molecule has 22 heteroatoms. The van der Waals surface area contributed by atoms with E-state index in [9.17, 15) is 31.5 Å². The van der Waals surface area contributed by atoms with Crippen molar-refractivity contribution in [1.82, 2.24) is 28.8 Å². The van der Waals surface area contributed by atoms with Gasteiger partial charge in [0.1, 0.15) is 42.1 Å². The van der Waals surface area contributed by atoms with Crippen LogP contribution in [0, 0.1) is 0 Å². The second-order valence-electron chi connectivity index (χ2n) is 15.7. The Labute approximate surface area is 398 Å². The number of hydrogen-bond acceptors (Lipinski definition) is 15. The first-order chi connectivity index (χ1) is 31.4. The summed E-state index contributed by atoms with van der Waals surface area (Å²) in [6.45, 7) is 4.58. The third-order valence-electron chi connectivity index (χ3n) is 11.6. The molecule has 0 saturated heterocycles. The van der Waals surface area contributed by atoms with E-state index >= 15 is 0 Å². The molecular weight excluding hydrogens is 1010 g/mol. The van der Waals surface area contributed by atoms with Gasteiger partial charge in [-0.3, -0.25) is 9.59 Å². The van der Waals surface area contributed by atoms with E-state index in [4.69, 9.17) is 29.2 Å². The summed E-state index contributed by atoms with van der Waals surface area (Å²) in [6.07, 6.45) is 2.62. The Morgan fingerprint density at radius 2 is 1.02 bits per heavy atom. The lowest BCUT2D eigenvalue weighted by Crippen LogP contribution is -2.39. The number of aliphatic carboxylic acids is 1. The number of aliphatic hydroxyl groups excluding tert-OH is 2. The standard InChI is InChI=1S/C22H23N3O6S.C13H15N3O4S.C9H10O3.HI/c26-14-19(15-4-2-1-3-5-15)22(27)24-10-16-12-25(13-17(16)11-24)32(28,29)18-8-20-21(23-9-18)31-7-6-30-20;17-21(18,16-7-9-4-14-5-10(9)8-16)11-3-12-13(15-6-11)20-2-1-19-12;10-6-8(9(11)12)7-4-2-1-3-5-7;/h1-5,8-9,19,26H,6-7,10-14H2;3,6,14H,1-2,4-5,7-8H2;1-5,8,10H,6H2,(H,11,12);1H. The third-order valence-corrected chi connectivity index (χ3v) is 15.1. The molecule has 10 rings (SSSR count). The number of rotatable bonds is 10. The van der Waals surface area contributed by atoms with Crippen molar-refractivity contribution in [3.63, 3.8) is 0 Å². The van der Waals surface area contributed by atoms with Crippen molar-refractivity contribution in [1.29, 1.82) is 0 Å². The summed E-state index contributed by atoms with van der Waals surface area (Å²) in [7, 11) is -7.31. The van der Waals surface area contributed by atoms with Gasteiger partial charge in [-0.25, -0.2) is 26.8 Å². The van der Waals surface area contributed by atoms with Gasteiger partial charge < -0.3 is 44.5 Å². The third kappa shape index (κ3) is 10.5. The van der Waals surface area contributed by atoms with Crippen LogP contribution < -0.4 is 24.3 Å². The van der Waals surface area contributed by atoms with Gasteiger partial charge in [-0.1, -0.05) is 60.7 Å². The van der Waals surface area contributed by atoms with Gasteiger partial charge >= 0.3 is 5.97 Å². The number of hydrogen-bond donors (Lipinski definition) is 4. The van der Waals surface area contributed by atoms with Crippen molar-refractivity contribution < 1.29 is 60.7 Å². The number of carboxylic acids is 1. The SMILES string of the molecule is I.O=C(C(CO)c1ccccc1)N1CC2=C(C1)CN(S(=O)(=O)c1cnc3c(c1)OCCO3)C2.O=C(O)C(CO)c1ccccc1.O=S(=O)(c1cnc2c(c1)OCCO2)N1CC2=C(CNC2)C1. The van der Waals surface area contributed by atoms with Crippen LogP contribution in [0.25, 0.3) is 0 Å². The maximum Gasteiger partial charge on any atom is 0.313 e. The van der Waals surface area contributed by atoms with Gasteiger partial charge in [0.25, 0.3) is 11.8 Å². The molecule has 4 aromatic rings. The molecule has 6 aliphatic rings. The zero-order valence-electron chi connectivity index (χ0n) is 35.5. The number of ether oxygens (including phenoxy) is 4. The smallest absolute Gasteiger partial charge is 0.313 e. The highest BCUT2D eigenvalue weighted by molar-refractivity contribution is 14.0. The van der Waals surface area contributed by atoms with Gasteiger partial charge in [-0.05, 0) is 33.4 Å². The van der Waals surface area contributed by atoms with Crippen molar-refractivity contribution >= 4 is 55.9 Å². The molecule has 0 fully saturated rings. The monoisotopic (exact) mass is 1060 g/mol. The fraction of sp³-hybridized carbons (Fsp3) is 0.364. The second kappa shape index (κ2) is 21.2. The van der Waals surface area contributed by atoms with Gasteiger partial charge in [0.15, 0.2) is 11.5 Å². The van der Waals surface area contributed by atoms with E-state index in [1.54, 1.807) is 35.2 Å². The molecule has 352 valence electrons. The number of benzene rings is 2. The van der Waals surface area contributed by atoms with Gasteiger partial charge in [-0.15, -0.1) is 24.0 Å². The highest BCUT2D eigenvalue weighted by Gasteiger charge is 2.40. The topological polar surface area (TPSA) is 248 Å². The zero-order valence-corrected chi connectivity index (χ0v) is 39.5. The number of nitrogens with zero attached hydrogens (tertiary/aromatic N) is 5. The van der Waals surface area contributed by atoms with Crippen LogP contribution in [0.1, 0.15) is 23.0 Å². The molecule has 2 atom stereocenters. The van der Waals surface area contributed by atoms with Crippen LogP contribution in [-0.4, -0.2) is 160 Å². The van der Waals surface area contributed by atoms with Crippen LogP contribution in [0.15, 0.2) is 117 Å². The predicted molar refractivity (Wildman–Crippen MR) is 247 cm³/mol. The number of halogens is 1. The summed E-state index contributed by atoms with van der Waals surface area (Å²) >= 11 is 0. The van der Waals surface area contributed by atoms with Crippen molar-refractivity contribution in [2.75, 3.05) is 92.0 Å². The van der Waals surface area contributed by atoms with E-state index in [-0.39, 0.29) is 66.0 Å². The molecule has 0 bridgehead atoms. The molecule has 0 aliphatic carbocycles. The predicted octanol–water partition coefficient (Wildman–Crippen LogP) is 1.99. The van der Waals surface area contributed by atoms with Crippen LogP contribution in [-0.2, 0) is 29.6 Å². The van der Waals surface area contributed by atoms with Crippen LogP contribution >= 0.6 is 24.0 Å². The summed E-state index contributed by atoms with van der Waals surface area (Å²) in [6, 6.07) is 20.8. The van der Waals surface area contributed by atoms with Crippen LogP contribution in [0.2, 0.25) is 0 Å². The van der Waals surface area contributed by atoms with Gasteiger partial charge in [-0.2, -0.15) is 8.61 Å². The zero-order chi connectivity index (χ0) is 45.7. The van der Waals surface area contributed by atoms with Gasteiger partial charge in [0, 0.05) is 64.5 Å². The first kappa shape index (κ1) is 48.7. The van der Waals surface area contributed by atoms with E-state index in [0.29, 0.717) is 81.4 Å². The maximum atomic E-state index is 13.2. The van der Waals surface area contributed by atoms with Crippen molar-refractivity contribution in [2.45, 2.75) is 21.6 Å². The Morgan fingerprint density at radius 3 is 1.44 bits per heavy atom. The van der Waals surface area contributed by atoms with E-state index in [0.717, 1.165) is 29.8 Å². The lowest BCUT2D eigenvalue weighted by atomic mass is 9.98. The van der Waals surface area contributed by atoms with Gasteiger partial charge in [0.05, 0.1) is 31.5 Å². The minimum absolute atomic E-state index is 0. The van der Waals surface area contributed by atoms with Crippen molar-refractivity contribution in [3.05, 3.63) is 119 Å². The highest BCUT2D eigenvalue weighted by atomic mass is 127. The Hall–Kier alpha value is -5.21. The Balaban J connectivity index is 0.000000163. The number of carbonyl (C=O) groups is 2. The van der Waals surface area contributed by atoms with Crippen LogP contribution in [0.4, 0.5) is 0 Å². The first-order valence-corrected chi connectivity index (χ1v) is 23.7. The van der Waals surface area contributed by atoms with Gasteiger partial charge in [0.2, 0.25) is 26.0 Å². The molecule has 6 aliphatic heterocycles. The Bertz CT molecular complexity index is 2680. The number of pyridine rings is 2. The molecule has 19 nitrogen and oxygen atoms in total. The molecule has 0 saturated carbocycles. The number of aromatic nitrogens is 2. The minimum Gasteiger partial charge on any atom is -0.484 e. The molecule has 1 amide bonds.